The van der Waals surface area contributed by atoms with Crippen LogP contribution < -0.4 is 5.43 Å². The second kappa shape index (κ2) is 12.3. The van der Waals surface area contributed by atoms with E-state index in [4.69, 9.17) is 28.1 Å². The average Bonchev–Trinajstić information content (AvgIpc) is 2.90. The summed E-state index contributed by atoms with van der Waals surface area (Å²) in [6, 6.07) is 8.39. The number of hydrogen-bond acceptors (Lipinski definition) is 13. The van der Waals surface area contributed by atoms with Gasteiger partial charge in [-0.2, -0.15) is 0 Å². The number of ether oxygens (including phenoxy) is 5. The van der Waals surface area contributed by atoms with E-state index in [2.05, 4.69) is 0 Å². The Balaban J connectivity index is 1.92. The zero-order chi connectivity index (χ0) is 30.7. The van der Waals surface area contributed by atoms with Gasteiger partial charge in [0.1, 0.15) is 42.2 Å². The molecule has 0 aliphatic carbocycles. The molecule has 0 saturated carbocycles. The van der Waals surface area contributed by atoms with Gasteiger partial charge in [-0.15, -0.1) is 0 Å². The highest BCUT2D eigenvalue weighted by molar-refractivity contribution is 5.86. The molecule has 2 aromatic carbocycles. The minimum atomic E-state index is -1.53. The summed E-state index contributed by atoms with van der Waals surface area (Å²) < 4.78 is 33.4. The van der Waals surface area contributed by atoms with E-state index in [1.807, 2.05) is 0 Å². The largest absolute Gasteiger partial charge is 0.508 e. The first-order valence-electron chi connectivity index (χ1n) is 12.7. The van der Waals surface area contributed by atoms with Gasteiger partial charge in [-0.25, -0.2) is 0 Å². The van der Waals surface area contributed by atoms with Crippen LogP contribution in [-0.4, -0.2) is 65.1 Å². The van der Waals surface area contributed by atoms with E-state index < -0.39 is 72.2 Å². The normalized spacial score (nSPS) is 21.8. The number of phenolic OH excluding ortho intramolecular Hbond substituents is 2. The molecule has 3 aromatic rings. The van der Waals surface area contributed by atoms with E-state index >= 15 is 0 Å². The number of carbonyl (C=O) groups is 4. The van der Waals surface area contributed by atoms with E-state index in [0.29, 0.717) is 5.56 Å². The first-order chi connectivity index (χ1) is 19.9. The predicted molar refractivity (Wildman–Crippen MR) is 142 cm³/mol. The smallest absolute Gasteiger partial charge is 0.303 e. The standard InChI is InChI=1S/C29H28O13/c1-13(30)37-12-22-26(39-14(2)31)28(40-15(3)32)29(41-16(4)33)27(42-22)23-21(35)10-9-19-24(36)20(11-38-25(19)23)17-5-7-18(34)8-6-17/h5-11,22,26-29,34-35H,12H2,1-4H3. The van der Waals surface area contributed by atoms with E-state index in [1.165, 1.54) is 36.4 Å². The van der Waals surface area contributed by atoms with Crippen LogP contribution in [-0.2, 0) is 42.9 Å². The molecule has 13 heteroatoms. The highest BCUT2D eigenvalue weighted by Gasteiger charge is 2.53. The Bertz CT molecular complexity index is 1570. The van der Waals surface area contributed by atoms with E-state index in [9.17, 15) is 34.2 Å². The molecule has 4 rings (SSSR count). The minimum absolute atomic E-state index is 0.000191. The van der Waals surface area contributed by atoms with Gasteiger partial charge in [0.05, 0.1) is 16.5 Å². The van der Waals surface area contributed by atoms with Crippen LogP contribution in [0.1, 0.15) is 39.4 Å². The predicted octanol–water partition coefficient (Wildman–Crippen LogP) is 2.67. The van der Waals surface area contributed by atoms with Crippen LogP contribution in [0.5, 0.6) is 11.5 Å². The third-order valence-electron chi connectivity index (χ3n) is 6.41. The van der Waals surface area contributed by atoms with Crippen molar-refractivity contribution in [1.29, 1.82) is 0 Å². The molecule has 5 atom stereocenters. The van der Waals surface area contributed by atoms with Crippen LogP contribution in [0, 0.1) is 0 Å². The molecule has 1 fully saturated rings. The highest BCUT2D eigenvalue weighted by atomic mass is 16.7. The van der Waals surface area contributed by atoms with Gasteiger partial charge in [0.25, 0.3) is 0 Å². The van der Waals surface area contributed by atoms with E-state index in [0.717, 1.165) is 34.0 Å². The Morgan fingerprint density at radius 1 is 0.786 bits per heavy atom. The maximum atomic E-state index is 13.5. The number of carbonyl (C=O) groups excluding carboxylic acids is 4. The molecule has 2 N–H and O–H groups in total. The summed E-state index contributed by atoms with van der Waals surface area (Å²) in [5, 5.41) is 20.6. The minimum Gasteiger partial charge on any atom is -0.508 e. The molecular formula is C29H28O13. The maximum absolute atomic E-state index is 13.5. The van der Waals surface area contributed by atoms with Crippen LogP contribution in [0.2, 0.25) is 0 Å². The molecule has 0 amide bonds. The first kappa shape index (κ1) is 30.1. The number of fused-ring (bicyclic) bond motifs is 1. The number of aromatic hydroxyl groups is 2. The molecule has 13 nitrogen and oxygen atoms in total. The Kier molecular flexibility index (Phi) is 8.81. The first-order valence-corrected chi connectivity index (χ1v) is 12.7. The van der Waals surface area contributed by atoms with Gasteiger partial charge in [0.2, 0.25) is 5.43 Å². The molecule has 0 bridgehead atoms. The summed E-state index contributed by atoms with van der Waals surface area (Å²) in [6.07, 6.45) is -6.02. The lowest BCUT2D eigenvalue weighted by atomic mass is 9.89. The number of hydrogen-bond donors (Lipinski definition) is 2. The third-order valence-corrected chi connectivity index (χ3v) is 6.41. The fraction of sp³-hybridized carbons (Fsp3) is 0.345. The monoisotopic (exact) mass is 584 g/mol. The maximum Gasteiger partial charge on any atom is 0.303 e. The molecule has 0 radical (unpaired) electrons. The Morgan fingerprint density at radius 3 is 1.98 bits per heavy atom. The summed E-state index contributed by atoms with van der Waals surface area (Å²) in [6.45, 7) is 3.93. The second-order valence-electron chi connectivity index (χ2n) is 9.52. The van der Waals surface area contributed by atoms with Crippen molar-refractivity contribution in [2.75, 3.05) is 6.61 Å². The van der Waals surface area contributed by atoms with E-state index in [1.54, 1.807) is 0 Å². The zero-order valence-corrected chi connectivity index (χ0v) is 23.0. The van der Waals surface area contributed by atoms with Crippen LogP contribution in [0.4, 0.5) is 0 Å². The summed E-state index contributed by atoms with van der Waals surface area (Å²) >= 11 is 0. The third kappa shape index (κ3) is 6.36. The molecule has 5 unspecified atom stereocenters. The number of rotatable bonds is 7. The SMILES string of the molecule is CC(=O)OCC1OC(c2c(O)ccc3c(=O)c(-c4ccc(O)cc4)coc23)C(OC(C)=O)C(OC(C)=O)C1OC(C)=O. The molecule has 1 aliphatic rings. The molecule has 1 saturated heterocycles. The van der Waals surface area contributed by atoms with Crippen molar-refractivity contribution < 1.29 is 57.5 Å². The molecule has 0 spiro atoms. The average molecular weight is 585 g/mol. The number of phenols is 2. The molecule has 2 heterocycles. The van der Waals surface area contributed by atoms with Gasteiger partial charge in [0, 0.05) is 27.7 Å². The van der Waals surface area contributed by atoms with Gasteiger partial charge < -0.3 is 38.3 Å². The zero-order valence-electron chi connectivity index (χ0n) is 23.0. The topological polar surface area (TPSA) is 185 Å². The Morgan fingerprint density at radius 2 is 1.38 bits per heavy atom. The van der Waals surface area contributed by atoms with Crippen molar-refractivity contribution in [3.05, 3.63) is 58.4 Å². The van der Waals surface area contributed by atoms with Gasteiger partial charge in [-0.1, -0.05) is 12.1 Å². The van der Waals surface area contributed by atoms with Crippen molar-refractivity contribution in [2.24, 2.45) is 0 Å². The lowest BCUT2D eigenvalue weighted by molar-refractivity contribution is -0.254. The lowest BCUT2D eigenvalue weighted by Gasteiger charge is -2.44. The fourth-order valence-electron chi connectivity index (χ4n) is 4.79. The van der Waals surface area contributed by atoms with Gasteiger partial charge in [0.15, 0.2) is 18.3 Å². The molecule has 42 heavy (non-hydrogen) atoms. The summed E-state index contributed by atoms with van der Waals surface area (Å²) in [4.78, 5) is 61.5. The van der Waals surface area contributed by atoms with Crippen LogP contribution in [0.25, 0.3) is 22.1 Å². The van der Waals surface area contributed by atoms with Crippen LogP contribution in [0.3, 0.4) is 0 Å². The van der Waals surface area contributed by atoms with Gasteiger partial charge in [-0.3, -0.25) is 24.0 Å². The number of benzene rings is 2. The fourth-order valence-corrected chi connectivity index (χ4v) is 4.79. The van der Waals surface area contributed by atoms with Crippen molar-refractivity contribution >= 4 is 34.8 Å². The quantitative estimate of drug-likeness (QED) is 0.305. The molecule has 1 aliphatic heterocycles. The molecule has 1 aromatic heterocycles. The molecule has 222 valence electrons. The second-order valence-corrected chi connectivity index (χ2v) is 9.52. The highest BCUT2D eigenvalue weighted by Crippen LogP contribution is 2.43. The molecular weight excluding hydrogens is 556 g/mol. The van der Waals surface area contributed by atoms with E-state index in [-0.39, 0.29) is 27.8 Å². The Hall–Kier alpha value is -4.91. The van der Waals surface area contributed by atoms with Crippen molar-refractivity contribution in [3.8, 4) is 22.6 Å². The number of esters is 4. The van der Waals surface area contributed by atoms with Crippen molar-refractivity contribution in [2.45, 2.75) is 58.2 Å². The summed E-state index contributed by atoms with van der Waals surface area (Å²) in [7, 11) is 0. The summed E-state index contributed by atoms with van der Waals surface area (Å²) in [5.41, 5.74) is -0.164. The Labute approximate surface area is 238 Å². The lowest BCUT2D eigenvalue weighted by Crippen LogP contribution is -2.59. The van der Waals surface area contributed by atoms with Crippen molar-refractivity contribution in [1.82, 2.24) is 0 Å². The summed E-state index contributed by atoms with van der Waals surface area (Å²) in [5.74, 6) is -3.57. The van der Waals surface area contributed by atoms with Crippen LogP contribution >= 0.6 is 0 Å². The van der Waals surface area contributed by atoms with Gasteiger partial charge >= 0.3 is 23.9 Å². The van der Waals surface area contributed by atoms with Gasteiger partial charge in [-0.05, 0) is 29.8 Å². The van der Waals surface area contributed by atoms with Crippen molar-refractivity contribution in [3.63, 3.8) is 0 Å². The van der Waals surface area contributed by atoms with Crippen LogP contribution in [0.15, 0.2) is 51.9 Å².